The van der Waals surface area contributed by atoms with Crippen LogP contribution in [0.1, 0.15) is 38.3 Å². The van der Waals surface area contributed by atoms with Crippen LogP contribution in [-0.2, 0) is 11.4 Å². The first-order valence-electron chi connectivity index (χ1n) is 9.65. The minimum absolute atomic E-state index is 0.172. The van der Waals surface area contributed by atoms with Gasteiger partial charge >= 0.3 is 0 Å². The summed E-state index contributed by atoms with van der Waals surface area (Å²) in [4.78, 5) is 18.6. The third-order valence-corrected chi connectivity index (χ3v) is 5.07. The van der Waals surface area contributed by atoms with E-state index in [1.54, 1.807) is 6.21 Å². The SMILES string of the molecule is Cc1ccc(CO/N=C\c2c(C)c(C(=O)c3ccc(F)cc3)n3ccccc23)cc1. The zero-order valence-corrected chi connectivity index (χ0v) is 16.8. The van der Waals surface area contributed by atoms with Crippen LogP contribution in [0.15, 0.2) is 78.1 Å². The van der Waals surface area contributed by atoms with Crippen LogP contribution >= 0.6 is 0 Å². The highest BCUT2D eigenvalue weighted by Gasteiger charge is 2.20. The van der Waals surface area contributed by atoms with Crippen molar-refractivity contribution in [2.24, 2.45) is 5.16 Å². The van der Waals surface area contributed by atoms with Crippen LogP contribution in [0, 0.1) is 19.7 Å². The van der Waals surface area contributed by atoms with Crippen molar-refractivity contribution in [2.45, 2.75) is 20.5 Å². The molecule has 150 valence electrons. The summed E-state index contributed by atoms with van der Waals surface area (Å²) >= 11 is 0. The normalized spacial score (nSPS) is 11.3. The number of carbonyl (C=O) groups excluding carboxylic acids is 1. The third-order valence-electron chi connectivity index (χ3n) is 5.07. The molecule has 0 unspecified atom stereocenters. The molecular formula is C25H21FN2O2. The van der Waals surface area contributed by atoms with E-state index in [2.05, 4.69) is 5.16 Å². The Kier molecular flexibility index (Phi) is 5.44. The fraction of sp³-hybridized carbons (Fsp3) is 0.120. The monoisotopic (exact) mass is 400 g/mol. The second kappa shape index (κ2) is 8.33. The number of hydrogen-bond acceptors (Lipinski definition) is 3. The van der Waals surface area contributed by atoms with Gasteiger partial charge in [-0.2, -0.15) is 0 Å². The summed E-state index contributed by atoms with van der Waals surface area (Å²) in [6, 6.07) is 19.3. The number of pyridine rings is 1. The molecular weight excluding hydrogens is 379 g/mol. The summed E-state index contributed by atoms with van der Waals surface area (Å²) < 4.78 is 15.1. The molecule has 0 bridgehead atoms. The van der Waals surface area contributed by atoms with E-state index in [0.29, 0.717) is 17.9 Å². The van der Waals surface area contributed by atoms with Gasteiger partial charge in [0.2, 0.25) is 5.78 Å². The largest absolute Gasteiger partial charge is 0.391 e. The lowest BCUT2D eigenvalue weighted by Gasteiger charge is -2.04. The van der Waals surface area contributed by atoms with Crippen molar-refractivity contribution in [1.82, 2.24) is 4.40 Å². The first-order valence-corrected chi connectivity index (χ1v) is 9.65. The number of halogens is 1. The predicted octanol–water partition coefficient (Wildman–Crippen LogP) is 5.48. The van der Waals surface area contributed by atoms with Gasteiger partial charge in [-0.25, -0.2) is 4.39 Å². The van der Waals surface area contributed by atoms with Crippen LogP contribution in [-0.4, -0.2) is 16.4 Å². The van der Waals surface area contributed by atoms with E-state index in [9.17, 15) is 9.18 Å². The van der Waals surface area contributed by atoms with Crippen LogP contribution in [0.2, 0.25) is 0 Å². The van der Waals surface area contributed by atoms with Gasteiger partial charge in [0.1, 0.15) is 12.4 Å². The van der Waals surface area contributed by atoms with Crippen LogP contribution in [0.25, 0.3) is 5.52 Å². The minimum Gasteiger partial charge on any atom is -0.391 e. The van der Waals surface area contributed by atoms with Crippen molar-refractivity contribution in [3.05, 3.63) is 112 Å². The Hall–Kier alpha value is -3.73. The summed E-state index contributed by atoms with van der Waals surface area (Å²) in [6.07, 6.45) is 3.48. The maximum atomic E-state index is 13.3. The lowest BCUT2D eigenvalue weighted by Crippen LogP contribution is -2.07. The summed E-state index contributed by atoms with van der Waals surface area (Å²) in [5, 5.41) is 4.13. The highest BCUT2D eigenvalue weighted by atomic mass is 19.1. The molecule has 2 heterocycles. The molecule has 4 rings (SSSR count). The minimum atomic E-state index is -0.373. The van der Waals surface area contributed by atoms with Crippen molar-refractivity contribution >= 4 is 17.5 Å². The molecule has 4 aromatic rings. The molecule has 0 N–H and O–H groups in total. The quantitative estimate of drug-likeness (QED) is 0.244. The Morgan fingerprint density at radius 1 is 1.03 bits per heavy atom. The van der Waals surface area contributed by atoms with E-state index in [0.717, 1.165) is 22.2 Å². The lowest BCUT2D eigenvalue weighted by molar-refractivity contribution is 0.103. The van der Waals surface area contributed by atoms with E-state index in [1.807, 2.05) is 66.9 Å². The van der Waals surface area contributed by atoms with Gasteiger partial charge in [0, 0.05) is 17.3 Å². The van der Waals surface area contributed by atoms with Crippen molar-refractivity contribution in [1.29, 1.82) is 0 Å². The van der Waals surface area contributed by atoms with Gasteiger partial charge in [0.15, 0.2) is 0 Å². The maximum Gasteiger partial charge on any atom is 0.210 e. The highest BCUT2D eigenvalue weighted by molar-refractivity contribution is 6.11. The molecule has 2 aromatic carbocycles. The number of carbonyl (C=O) groups is 1. The van der Waals surface area contributed by atoms with Crippen LogP contribution in [0.5, 0.6) is 0 Å². The third kappa shape index (κ3) is 3.87. The van der Waals surface area contributed by atoms with Gasteiger partial charge in [0.25, 0.3) is 0 Å². The van der Waals surface area contributed by atoms with Gasteiger partial charge < -0.3 is 9.24 Å². The summed E-state index contributed by atoms with van der Waals surface area (Å²) in [6.45, 7) is 4.28. The predicted molar refractivity (Wildman–Crippen MR) is 116 cm³/mol. The van der Waals surface area contributed by atoms with Crippen LogP contribution in [0.3, 0.4) is 0 Å². The summed E-state index contributed by atoms with van der Waals surface area (Å²) in [5.74, 6) is -0.546. The van der Waals surface area contributed by atoms with Gasteiger partial charge in [0.05, 0.1) is 17.4 Å². The zero-order valence-electron chi connectivity index (χ0n) is 16.8. The standard InChI is InChI=1S/C25H21FN2O2/c1-17-6-8-19(9-7-17)16-30-27-15-22-18(2)24(28-14-4-3-5-23(22)28)25(29)20-10-12-21(26)13-11-20/h3-15H,16H2,1-2H3/b27-15-. The number of fused-ring (bicyclic) bond motifs is 1. The fourth-order valence-corrected chi connectivity index (χ4v) is 3.42. The van der Waals surface area contributed by atoms with Crippen molar-refractivity contribution in [2.75, 3.05) is 0 Å². The highest BCUT2D eigenvalue weighted by Crippen LogP contribution is 2.24. The molecule has 0 atom stereocenters. The summed E-state index contributed by atoms with van der Waals surface area (Å²) in [5.41, 5.74) is 5.63. The molecule has 0 aliphatic carbocycles. The van der Waals surface area contributed by atoms with Crippen molar-refractivity contribution < 1.29 is 14.0 Å². The number of oxime groups is 1. The molecule has 0 aliphatic rings. The Morgan fingerprint density at radius 2 is 1.77 bits per heavy atom. The molecule has 0 saturated heterocycles. The number of hydrogen-bond donors (Lipinski definition) is 0. The molecule has 30 heavy (non-hydrogen) atoms. The molecule has 0 saturated carbocycles. The number of aromatic nitrogens is 1. The second-order valence-corrected chi connectivity index (χ2v) is 7.17. The molecule has 0 spiro atoms. The Morgan fingerprint density at radius 3 is 2.50 bits per heavy atom. The Bertz CT molecular complexity index is 1220. The van der Waals surface area contributed by atoms with E-state index in [4.69, 9.17) is 4.84 Å². The molecule has 0 aliphatic heterocycles. The fourth-order valence-electron chi connectivity index (χ4n) is 3.42. The molecule has 0 amide bonds. The van der Waals surface area contributed by atoms with Crippen LogP contribution < -0.4 is 0 Å². The number of rotatable bonds is 6. The van der Waals surface area contributed by atoms with Gasteiger partial charge in [-0.05, 0) is 61.4 Å². The second-order valence-electron chi connectivity index (χ2n) is 7.17. The molecule has 2 aromatic heterocycles. The van der Waals surface area contributed by atoms with E-state index < -0.39 is 0 Å². The molecule has 4 nitrogen and oxygen atoms in total. The Balaban J connectivity index is 1.64. The Labute approximate surface area is 174 Å². The van der Waals surface area contributed by atoms with Crippen LogP contribution in [0.4, 0.5) is 4.39 Å². The summed E-state index contributed by atoms with van der Waals surface area (Å²) in [7, 11) is 0. The lowest BCUT2D eigenvalue weighted by atomic mass is 10.0. The molecule has 0 radical (unpaired) electrons. The smallest absolute Gasteiger partial charge is 0.210 e. The maximum absolute atomic E-state index is 13.3. The average molecular weight is 400 g/mol. The number of aryl methyl sites for hydroxylation is 1. The van der Waals surface area contributed by atoms with E-state index >= 15 is 0 Å². The first-order chi connectivity index (χ1) is 14.5. The van der Waals surface area contributed by atoms with Crippen molar-refractivity contribution in [3.63, 3.8) is 0 Å². The van der Waals surface area contributed by atoms with Gasteiger partial charge in [-0.3, -0.25) is 4.79 Å². The average Bonchev–Trinajstić information content (AvgIpc) is 3.04. The van der Waals surface area contributed by atoms with Crippen molar-refractivity contribution in [3.8, 4) is 0 Å². The molecule has 0 fully saturated rings. The molecule has 5 heteroatoms. The number of benzene rings is 2. The number of ketones is 1. The van der Waals surface area contributed by atoms with Gasteiger partial charge in [-0.15, -0.1) is 0 Å². The van der Waals surface area contributed by atoms with Gasteiger partial charge in [-0.1, -0.05) is 41.1 Å². The number of nitrogens with zero attached hydrogens (tertiary/aromatic N) is 2. The van der Waals surface area contributed by atoms with E-state index in [-0.39, 0.29) is 11.6 Å². The first kappa shape index (κ1) is 19.6. The van der Waals surface area contributed by atoms with E-state index in [1.165, 1.54) is 29.8 Å². The zero-order chi connectivity index (χ0) is 21.1. The topological polar surface area (TPSA) is 43.1 Å².